The van der Waals surface area contributed by atoms with Gasteiger partial charge in [0.15, 0.2) is 0 Å². The second-order valence-corrected chi connectivity index (χ2v) is 4.47. The van der Waals surface area contributed by atoms with Crippen LogP contribution in [0.25, 0.3) is 0 Å². The Hall–Kier alpha value is -1.55. The maximum atomic E-state index is 11.6. The van der Waals surface area contributed by atoms with Crippen LogP contribution in [0.2, 0.25) is 0 Å². The number of aliphatic hydroxyl groups excluding tert-OH is 1. The van der Waals surface area contributed by atoms with Crippen molar-refractivity contribution < 1.29 is 9.90 Å². The number of rotatable bonds is 6. The molecule has 0 aliphatic carbocycles. The molecular weight excluding hydrogens is 228 g/mol. The van der Waals surface area contributed by atoms with E-state index in [2.05, 4.69) is 5.32 Å². The number of carbonyl (C=O) groups excluding carboxylic acids is 1. The van der Waals surface area contributed by atoms with Crippen molar-refractivity contribution in [2.24, 2.45) is 0 Å². The van der Waals surface area contributed by atoms with E-state index in [-0.39, 0.29) is 12.5 Å². The van der Waals surface area contributed by atoms with Crippen LogP contribution in [-0.2, 0) is 11.4 Å². The third-order valence-corrected chi connectivity index (χ3v) is 2.89. The van der Waals surface area contributed by atoms with Crippen molar-refractivity contribution in [1.29, 1.82) is 0 Å². The molecule has 0 aliphatic rings. The van der Waals surface area contributed by atoms with Crippen LogP contribution in [-0.4, -0.2) is 31.2 Å². The minimum absolute atomic E-state index is 0.0308. The first kappa shape index (κ1) is 14.5. The molecule has 4 heteroatoms. The maximum Gasteiger partial charge on any atom is 0.239 e. The molecule has 0 saturated carbocycles. The molecule has 0 spiro atoms. The zero-order chi connectivity index (χ0) is 13.5. The van der Waals surface area contributed by atoms with Gasteiger partial charge >= 0.3 is 0 Å². The average Bonchev–Trinajstić information content (AvgIpc) is 2.36. The highest BCUT2D eigenvalue weighted by Crippen LogP contribution is 2.18. The van der Waals surface area contributed by atoms with E-state index in [9.17, 15) is 4.79 Å². The first-order valence-corrected chi connectivity index (χ1v) is 6.26. The highest BCUT2D eigenvalue weighted by atomic mass is 16.3. The second-order valence-electron chi connectivity index (χ2n) is 4.47. The Labute approximate surface area is 109 Å². The summed E-state index contributed by atoms with van der Waals surface area (Å²) >= 11 is 0. The quantitative estimate of drug-likeness (QED) is 0.803. The second kappa shape index (κ2) is 7.01. The van der Waals surface area contributed by atoms with Gasteiger partial charge in [0.05, 0.1) is 13.2 Å². The molecule has 0 radical (unpaired) electrons. The van der Waals surface area contributed by atoms with E-state index in [0.717, 1.165) is 29.8 Å². The number of hydrogen-bond donors (Lipinski definition) is 2. The standard InChI is InChI=1S/C14H22N2O2/c1-4-7-15-14(18)9-16(3)13-6-5-12(10-17)11(2)8-13/h5-6,8,17H,4,7,9-10H2,1-3H3,(H,15,18). The van der Waals surface area contributed by atoms with Crippen molar-refractivity contribution in [3.05, 3.63) is 29.3 Å². The first-order chi connectivity index (χ1) is 8.58. The number of anilines is 1. The zero-order valence-corrected chi connectivity index (χ0v) is 11.4. The summed E-state index contributed by atoms with van der Waals surface area (Å²) in [6.07, 6.45) is 0.944. The Balaban J connectivity index is 2.63. The number of likely N-dealkylation sites (N-methyl/N-ethyl adjacent to an activating group) is 1. The van der Waals surface area contributed by atoms with Gasteiger partial charge in [-0.15, -0.1) is 0 Å². The van der Waals surface area contributed by atoms with Crippen molar-refractivity contribution in [2.45, 2.75) is 26.9 Å². The summed E-state index contributed by atoms with van der Waals surface area (Å²) in [4.78, 5) is 13.5. The Morgan fingerprint density at radius 2 is 2.17 bits per heavy atom. The van der Waals surface area contributed by atoms with Crippen molar-refractivity contribution in [3.63, 3.8) is 0 Å². The summed E-state index contributed by atoms with van der Waals surface area (Å²) in [7, 11) is 1.89. The molecule has 1 amide bonds. The predicted molar refractivity (Wildman–Crippen MR) is 73.7 cm³/mol. The summed E-state index contributed by atoms with van der Waals surface area (Å²) in [5, 5.41) is 12.0. The van der Waals surface area contributed by atoms with Gasteiger partial charge in [-0.1, -0.05) is 13.0 Å². The Kier molecular flexibility index (Phi) is 5.65. The summed E-state index contributed by atoms with van der Waals surface area (Å²) in [6.45, 7) is 5.10. The molecule has 18 heavy (non-hydrogen) atoms. The summed E-state index contributed by atoms with van der Waals surface area (Å²) in [6, 6.07) is 5.80. The van der Waals surface area contributed by atoms with Gasteiger partial charge in [-0.3, -0.25) is 4.79 Å². The molecule has 0 bridgehead atoms. The molecule has 0 unspecified atom stereocenters. The van der Waals surface area contributed by atoms with Gasteiger partial charge in [0, 0.05) is 19.3 Å². The number of hydrogen-bond acceptors (Lipinski definition) is 3. The molecule has 0 saturated heterocycles. The minimum atomic E-state index is 0.0308. The van der Waals surface area contributed by atoms with Gasteiger partial charge in [0.1, 0.15) is 0 Å². The third-order valence-electron chi connectivity index (χ3n) is 2.89. The summed E-state index contributed by atoms with van der Waals surface area (Å²) in [5.74, 6) is 0.0308. The van der Waals surface area contributed by atoms with E-state index in [1.165, 1.54) is 0 Å². The van der Waals surface area contributed by atoms with Crippen molar-refractivity contribution in [2.75, 3.05) is 25.0 Å². The Morgan fingerprint density at radius 1 is 1.44 bits per heavy atom. The van der Waals surface area contributed by atoms with Crippen molar-refractivity contribution in [1.82, 2.24) is 5.32 Å². The summed E-state index contributed by atoms with van der Waals surface area (Å²) < 4.78 is 0. The normalized spacial score (nSPS) is 10.2. The fraction of sp³-hybridized carbons (Fsp3) is 0.500. The predicted octanol–water partition coefficient (Wildman–Crippen LogP) is 1.45. The fourth-order valence-electron chi connectivity index (χ4n) is 1.72. The SMILES string of the molecule is CCCNC(=O)CN(C)c1ccc(CO)c(C)c1. The molecule has 100 valence electrons. The van der Waals surface area contributed by atoms with E-state index in [0.29, 0.717) is 6.54 Å². The lowest BCUT2D eigenvalue weighted by Gasteiger charge is -2.20. The molecule has 0 heterocycles. The fourth-order valence-corrected chi connectivity index (χ4v) is 1.72. The molecule has 1 rings (SSSR count). The van der Waals surface area contributed by atoms with Crippen LogP contribution >= 0.6 is 0 Å². The van der Waals surface area contributed by atoms with Gasteiger partial charge in [0.2, 0.25) is 5.91 Å². The molecular formula is C14H22N2O2. The van der Waals surface area contributed by atoms with Crippen LogP contribution in [0.3, 0.4) is 0 Å². The topological polar surface area (TPSA) is 52.6 Å². The van der Waals surface area contributed by atoms with Crippen LogP contribution in [0, 0.1) is 6.92 Å². The van der Waals surface area contributed by atoms with Crippen LogP contribution < -0.4 is 10.2 Å². The highest BCUT2D eigenvalue weighted by molar-refractivity contribution is 5.81. The number of nitrogens with zero attached hydrogens (tertiary/aromatic N) is 1. The maximum absolute atomic E-state index is 11.6. The molecule has 0 aromatic heterocycles. The molecule has 1 aromatic rings. The van der Waals surface area contributed by atoms with E-state index in [1.807, 2.05) is 44.0 Å². The Morgan fingerprint density at radius 3 is 2.72 bits per heavy atom. The third kappa shape index (κ3) is 4.04. The molecule has 1 aromatic carbocycles. The lowest BCUT2D eigenvalue weighted by molar-refractivity contribution is -0.119. The van der Waals surface area contributed by atoms with E-state index in [4.69, 9.17) is 5.11 Å². The molecule has 0 fully saturated rings. The number of aryl methyl sites for hydroxylation is 1. The van der Waals surface area contributed by atoms with Gasteiger partial charge < -0.3 is 15.3 Å². The number of amides is 1. The molecule has 0 atom stereocenters. The molecule has 2 N–H and O–H groups in total. The zero-order valence-electron chi connectivity index (χ0n) is 11.4. The number of benzene rings is 1. The van der Waals surface area contributed by atoms with Crippen LogP contribution in [0.15, 0.2) is 18.2 Å². The minimum Gasteiger partial charge on any atom is -0.392 e. The van der Waals surface area contributed by atoms with Gasteiger partial charge in [-0.2, -0.15) is 0 Å². The highest BCUT2D eigenvalue weighted by Gasteiger charge is 2.08. The van der Waals surface area contributed by atoms with Gasteiger partial charge in [-0.25, -0.2) is 0 Å². The molecule has 0 aliphatic heterocycles. The van der Waals surface area contributed by atoms with Gasteiger partial charge in [-0.05, 0) is 36.6 Å². The van der Waals surface area contributed by atoms with E-state index < -0.39 is 0 Å². The van der Waals surface area contributed by atoms with E-state index in [1.54, 1.807) is 0 Å². The van der Waals surface area contributed by atoms with Gasteiger partial charge in [0.25, 0.3) is 0 Å². The lowest BCUT2D eigenvalue weighted by Crippen LogP contribution is -2.35. The number of nitrogens with one attached hydrogen (secondary N) is 1. The largest absolute Gasteiger partial charge is 0.392 e. The monoisotopic (exact) mass is 250 g/mol. The Bertz CT molecular complexity index is 405. The lowest BCUT2D eigenvalue weighted by atomic mass is 10.1. The van der Waals surface area contributed by atoms with Crippen LogP contribution in [0.4, 0.5) is 5.69 Å². The first-order valence-electron chi connectivity index (χ1n) is 6.26. The summed E-state index contributed by atoms with van der Waals surface area (Å²) in [5.41, 5.74) is 2.94. The van der Waals surface area contributed by atoms with E-state index >= 15 is 0 Å². The molecule has 4 nitrogen and oxygen atoms in total. The number of aliphatic hydroxyl groups is 1. The van der Waals surface area contributed by atoms with Crippen molar-refractivity contribution in [3.8, 4) is 0 Å². The smallest absolute Gasteiger partial charge is 0.239 e. The van der Waals surface area contributed by atoms with Crippen LogP contribution in [0.5, 0.6) is 0 Å². The number of carbonyl (C=O) groups is 1. The van der Waals surface area contributed by atoms with Crippen molar-refractivity contribution >= 4 is 11.6 Å². The van der Waals surface area contributed by atoms with Crippen LogP contribution in [0.1, 0.15) is 24.5 Å². The average molecular weight is 250 g/mol.